The summed E-state index contributed by atoms with van der Waals surface area (Å²) in [5.41, 5.74) is 2.11. The van der Waals surface area contributed by atoms with Crippen molar-refractivity contribution in [3.63, 3.8) is 0 Å². The van der Waals surface area contributed by atoms with Crippen LogP contribution in [0.4, 0.5) is 16.2 Å². The SMILES string of the molecule is CCCOc1ccc(/C=C/C(=O)Nc2ccc(N(C)C(=O)OCC)cc2)cc1OCC. The Labute approximate surface area is 183 Å². The molecule has 2 rings (SSSR count). The summed E-state index contributed by atoms with van der Waals surface area (Å²) in [5.74, 6) is 1.08. The molecule has 0 radical (unpaired) electrons. The van der Waals surface area contributed by atoms with Crippen molar-refractivity contribution in [1.82, 2.24) is 0 Å². The topological polar surface area (TPSA) is 77.1 Å². The quantitative estimate of drug-likeness (QED) is 0.534. The lowest BCUT2D eigenvalue weighted by atomic mass is 10.2. The number of ether oxygens (including phenoxy) is 3. The fraction of sp³-hybridized carbons (Fsp3) is 0.333. The van der Waals surface area contributed by atoms with Crippen molar-refractivity contribution >= 4 is 29.5 Å². The molecule has 2 aromatic rings. The third-order valence-electron chi connectivity index (χ3n) is 4.22. The molecule has 0 saturated heterocycles. The molecule has 0 heterocycles. The first kappa shape index (κ1) is 23.8. The summed E-state index contributed by atoms with van der Waals surface area (Å²) in [7, 11) is 1.63. The smallest absolute Gasteiger partial charge is 0.413 e. The number of carbonyl (C=O) groups excluding carboxylic acids is 2. The van der Waals surface area contributed by atoms with Crippen LogP contribution < -0.4 is 19.7 Å². The minimum absolute atomic E-state index is 0.268. The second-order valence-electron chi connectivity index (χ2n) is 6.62. The van der Waals surface area contributed by atoms with Gasteiger partial charge < -0.3 is 19.5 Å². The summed E-state index contributed by atoms with van der Waals surface area (Å²) >= 11 is 0. The zero-order chi connectivity index (χ0) is 22.6. The fourth-order valence-electron chi connectivity index (χ4n) is 2.68. The van der Waals surface area contributed by atoms with Crippen LogP contribution in [-0.4, -0.2) is 38.9 Å². The van der Waals surface area contributed by atoms with E-state index in [4.69, 9.17) is 14.2 Å². The third kappa shape index (κ3) is 7.37. The summed E-state index contributed by atoms with van der Waals surface area (Å²) in [6.45, 7) is 7.16. The summed E-state index contributed by atoms with van der Waals surface area (Å²) in [6, 6.07) is 12.5. The van der Waals surface area contributed by atoms with Crippen molar-refractivity contribution in [3.05, 3.63) is 54.1 Å². The Kier molecular flexibility index (Phi) is 9.42. The largest absolute Gasteiger partial charge is 0.490 e. The van der Waals surface area contributed by atoms with Crippen molar-refractivity contribution in [1.29, 1.82) is 0 Å². The van der Waals surface area contributed by atoms with E-state index in [-0.39, 0.29) is 5.91 Å². The molecule has 166 valence electrons. The van der Waals surface area contributed by atoms with Gasteiger partial charge in [0.2, 0.25) is 5.91 Å². The van der Waals surface area contributed by atoms with Gasteiger partial charge in [0.15, 0.2) is 11.5 Å². The summed E-state index contributed by atoms with van der Waals surface area (Å²) in [6.07, 6.45) is 3.65. The van der Waals surface area contributed by atoms with E-state index >= 15 is 0 Å². The van der Waals surface area contributed by atoms with Crippen LogP contribution in [0.15, 0.2) is 48.5 Å². The number of hydrogen-bond donors (Lipinski definition) is 1. The van der Waals surface area contributed by atoms with Gasteiger partial charge in [0.1, 0.15) is 0 Å². The van der Waals surface area contributed by atoms with Gasteiger partial charge in [-0.05, 0) is 68.3 Å². The molecule has 0 aliphatic heterocycles. The number of carbonyl (C=O) groups is 2. The number of amides is 2. The Hall–Kier alpha value is -3.48. The molecule has 0 saturated carbocycles. The lowest BCUT2D eigenvalue weighted by Gasteiger charge is -2.16. The van der Waals surface area contributed by atoms with E-state index in [1.54, 1.807) is 44.3 Å². The van der Waals surface area contributed by atoms with E-state index in [9.17, 15) is 9.59 Å². The maximum Gasteiger partial charge on any atom is 0.413 e. The van der Waals surface area contributed by atoms with Crippen molar-refractivity contribution in [2.24, 2.45) is 0 Å². The molecule has 0 aromatic heterocycles. The Morgan fingerprint density at radius 3 is 2.35 bits per heavy atom. The van der Waals surface area contributed by atoms with Crippen LogP contribution in [0.3, 0.4) is 0 Å². The molecule has 0 unspecified atom stereocenters. The van der Waals surface area contributed by atoms with E-state index < -0.39 is 6.09 Å². The number of benzene rings is 2. The van der Waals surface area contributed by atoms with E-state index in [0.717, 1.165) is 12.0 Å². The second-order valence-corrected chi connectivity index (χ2v) is 6.62. The first-order valence-corrected chi connectivity index (χ1v) is 10.4. The zero-order valence-corrected chi connectivity index (χ0v) is 18.5. The minimum Gasteiger partial charge on any atom is -0.490 e. The van der Waals surface area contributed by atoms with Crippen LogP contribution in [0.2, 0.25) is 0 Å². The molecule has 0 bridgehead atoms. The van der Waals surface area contributed by atoms with Crippen LogP contribution in [0.1, 0.15) is 32.8 Å². The van der Waals surface area contributed by atoms with Gasteiger partial charge >= 0.3 is 6.09 Å². The lowest BCUT2D eigenvalue weighted by Crippen LogP contribution is -2.26. The number of anilines is 2. The van der Waals surface area contributed by atoms with E-state index in [2.05, 4.69) is 5.32 Å². The Bertz CT molecular complexity index is 893. The van der Waals surface area contributed by atoms with Crippen LogP contribution in [0.25, 0.3) is 6.08 Å². The van der Waals surface area contributed by atoms with Crippen LogP contribution in [-0.2, 0) is 9.53 Å². The van der Waals surface area contributed by atoms with Gasteiger partial charge in [-0.25, -0.2) is 4.79 Å². The predicted octanol–water partition coefficient (Wildman–Crippen LogP) is 5.12. The average Bonchev–Trinajstić information content (AvgIpc) is 2.77. The molecule has 7 heteroatoms. The molecular weight excluding hydrogens is 396 g/mol. The number of rotatable bonds is 10. The van der Waals surface area contributed by atoms with Crippen molar-refractivity contribution in [2.45, 2.75) is 27.2 Å². The van der Waals surface area contributed by atoms with Gasteiger partial charge in [0.25, 0.3) is 0 Å². The highest BCUT2D eigenvalue weighted by Crippen LogP contribution is 2.29. The maximum atomic E-state index is 12.3. The maximum absolute atomic E-state index is 12.3. The molecule has 0 atom stereocenters. The first-order chi connectivity index (χ1) is 15.0. The number of nitrogens with one attached hydrogen (secondary N) is 1. The normalized spacial score (nSPS) is 10.6. The lowest BCUT2D eigenvalue weighted by molar-refractivity contribution is -0.111. The summed E-state index contributed by atoms with van der Waals surface area (Å²) in [5, 5.41) is 2.80. The molecule has 7 nitrogen and oxygen atoms in total. The monoisotopic (exact) mass is 426 g/mol. The zero-order valence-electron chi connectivity index (χ0n) is 18.5. The molecule has 0 aliphatic rings. The highest BCUT2D eigenvalue weighted by Gasteiger charge is 2.11. The third-order valence-corrected chi connectivity index (χ3v) is 4.22. The number of nitrogens with zero attached hydrogens (tertiary/aromatic N) is 1. The van der Waals surface area contributed by atoms with Gasteiger partial charge in [-0.2, -0.15) is 0 Å². The molecule has 2 aromatic carbocycles. The number of hydrogen-bond acceptors (Lipinski definition) is 5. The van der Waals surface area contributed by atoms with Gasteiger partial charge in [0, 0.05) is 24.5 Å². The highest BCUT2D eigenvalue weighted by molar-refractivity contribution is 6.02. The van der Waals surface area contributed by atoms with Gasteiger partial charge in [-0.3, -0.25) is 9.69 Å². The standard InChI is InChI=1S/C24H30N2O5/c1-5-16-31-21-14-8-18(17-22(21)29-6-2)9-15-23(27)25-19-10-12-20(13-11-19)26(4)24(28)30-7-3/h8-15,17H,5-7,16H2,1-4H3,(H,25,27)/b15-9+. The molecular formula is C24H30N2O5. The van der Waals surface area contributed by atoms with Crippen molar-refractivity contribution in [3.8, 4) is 11.5 Å². The van der Waals surface area contributed by atoms with Crippen molar-refractivity contribution in [2.75, 3.05) is 37.1 Å². The summed E-state index contributed by atoms with van der Waals surface area (Å²) < 4.78 is 16.3. The first-order valence-electron chi connectivity index (χ1n) is 10.4. The molecule has 2 amide bonds. The van der Waals surface area contributed by atoms with E-state index in [1.807, 2.05) is 32.0 Å². The van der Waals surface area contributed by atoms with Gasteiger partial charge in [-0.15, -0.1) is 0 Å². The molecule has 1 N–H and O–H groups in total. The minimum atomic E-state index is -0.431. The Morgan fingerprint density at radius 2 is 1.71 bits per heavy atom. The molecule has 0 fully saturated rings. The second kappa shape index (κ2) is 12.3. The molecule has 0 aliphatic carbocycles. The van der Waals surface area contributed by atoms with E-state index in [1.165, 1.54) is 11.0 Å². The van der Waals surface area contributed by atoms with Crippen molar-refractivity contribution < 1.29 is 23.8 Å². The molecule has 31 heavy (non-hydrogen) atoms. The van der Waals surface area contributed by atoms with Crippen LogP contribution in [0, 0.1) is 0 Å². The molecule has 0 spiro atoms. The van der Waals surface area contributed by atoms with Crippen LogP contribution in [0.5, 0.6) is 11.5 Å². The van der Waals surface area contributed by atoms with Crippen LogP contribution >= 0.6 is 0 Å². The van der Waals surface area contributed by atoms with Gasteiger partial charge in [-0.1, -0.05) is 13.0 Å². The van der Waals surface area contributed by atoms with E-state index in [0.29, 0.717) is 42.7 Å². The Morgan fingerprint density at radius 1 is 0.968 bits per heavy atom. The predicted molar refractivity (Wildman–Crippen MR) is 123 cm³/mol. The van der Waals surface area contributed by atoms with Gasteiger partial charge in [0.05, 0.1) is 19.8 Å². The average molecular weight is 427 g/mol. The highest BCUT2D eigenvalue weighted by atomic mass is 16.6. The Balaban J connectivity index is 2.00. The summed E-state index contributed by atoms with van der Waals surface area (Å²) in [4.78, 5) is 25.5. The fourth-order valence-corrected chi connectivity index (χ4v) is 2.68.